The molecule has 4 aromatic rings. The van der Waals surface area contributed by atoms with Gasteiger partial charge in [-0.15, -0.1) is 10.2 Å². The van der Waals surface area contributed by atoms with Gasteiger partial charge in [0.1, 0.15) is 0 Å². The van der Waals surface area contributed by atoms with Crippen molar-refractivity contribution in [3.8, 4) is 22.6 Å². The molecule has 0 spiro atoms. The van der Waals surface area contributed by atoms with Crippen LogP contribution in [0.1, 0.15) is 21.5 Å². The van der Waals surface area contributed by atoms with Gasteiger partial charge in [0.25, 0.3) is 5.91 Å². The first-order chi connectivity index (χ1) is 14.9. The minimum Gasteiger partial charge on any atom is -0.423 e. The normalized spacial score (nSPS) is 13.5. The van der Waals surface area contributed by atoms with E-state index in [-0.39, 0.29) is 17.7 Å². The standard InChI is InChI=1S/C23H14F3N3O2/c24-23(25,26)20-10-4-9-18-19(20)12-29(22(18)30)15-6-3-5-14(11-15)16-7-1-2-8-17(16)21-28-27-13-31-21/h1-11,13H,12H2. The van der Waals surface area contributed by atoms with Gasteiger partial charge in [-0.1, -0.05) is 36.4 Å². The van der Waals surface area contributed by atoms with Gasteiger partial charge in [0, 0.05) is 16.8 Å². The van der Waals surface area contributed by atoms with Crippen molar-refractivity contribution in [1.82, 2.24) is 10.2 Å². The van der Waals surface area contributed by atoms with Crippen molar-refractivity contribution in [3.63, 3.8) is 0 Å². The highest BCUT2D eigenvalue weighted by atomic mass is 19.4. The average molecular weight is 421 g/mol. The Bertz CT molecular complexity index is 1280. The second-order valence-electron chi connectivity index (χ2n) is 7.06. The number of rotatable bonds is 3. The van der Waals surface area contributed by atoms with Gasteiger partial charge in [0.2, 0.25) is 12.3 Å². The summed E-state index contributed by atoms with van der Waals surface area (Å²) in [6.07, 6.45) is -3.28. The van der Waals surface area contributed by atoms with Gasteiger partial charge in [-0.25, -0.2) is 0 Å². The van der Waals surface area contributed by atoms with Crippen molar-refractivity contribution < 1.29 is 22.4 Å². The zero-order valence-corrected chi connectivity index (χ0v) is 15.9. The third kappa shape index (κ3) is 3.26. The molecule has 2 heterocycles. The molecule has 1 aliphatic rings. The molecule has 0 bridgehead atoms. The lowest BCUT2D eigenvalue weighted by atomic mass is 9.99. The maximum Gasteiger partial charge on any atom is 0.416 e. The highest BCUT2D eigenvalue weighted by Crippen LogP contribution is 2.39. The van der Waals surface area contributed by atoms with Crippen molar-refractivity contribution in [2.24, 2.45) is 0 Å². The first-order valence-corrected chi connectivity index (χ1v) is 9.40. The van der Waals surface area contributed by atoms with E-state index in [0.29, 0.717) is 17.1 Å². The molecule has 3 aromatic carbocycles. The molecule has 5 nitrogen and oxygen atoms in total. The van der Waals surface area contributed by atoms with Crippen molar-refractivity contribution in [3.05, 3.63) is 89.8 Å². The van der Waals surface area contributed by atoms with Crippen LogP contribution in [0.5, 0.6) is 0 Å². The zero-order valence-electron chi connectivity index (χ0n) is 15.9. The second-order valence-corrected chi connectivity index (χ2v) is 7.06. The predicted molar refractivity (Wildman–Crippen MR) is 107 cm³/mol. The number of carbonyl (C=O) groups is 1. The molecule has 1 aliphatic heterocycles. The predicted octanol–water partition coefficient (Wildman–Crippen LogP) is 5.58. The van der Waals surface area contributed by atoms with Crippen LogP contribution in [-0.2, 0) is 12.7 Å². The number of hydrogen-bond donors (Lipinski definition) is 0. The van der Waals surface area contributed by atoms with Gasteiger partial charge in [-0.05, 0) is 47.0 Å². The third-order valence-corrected chi connectivity index (χ3v) is 5.26. The minimum absolute atomic E-state index is 0.00309. The Balaban J connectivity index is 1.55. The summed E-state index contributed by atoms with van der Waals surface area (Å²) in [5.74, 6) is -0.107. The molecule has 5 rings (SSSR count). The molecule has 0 radical (unpaired) electrons. The van der Waals surface area contributed by atoms with Crippen LogP contribution in [0.25, 0.3) is 22.6 Å². The molecule has 31 heavy (non-hydrogen) atoms. The highest BCUT2D eigenvalue weighted by molar-refractivity contribution is 6.10. The second kappa shape index (κ2) is 7.09. The van der Waals surface area contributed by atoms with Crippen molar-refractivity contribution >= 4 is 11.6 Å². The van der Waals surface area contributed by atoms with Crippen LogP contribution < -0.4 is 4.90 Å². The van der Waals surface area contributed by atoms with Crippen LogP contribution in [0.15, 0.2) is 77.5 Å². The Morgan fingerprint density at radius 2 is 1.65 bits per heavy atom. The number of benzene rings is 3. The number of fused-ring (bicyclic) bond motifs is 1. The first kappa shape index (κ1) is 19.0. The van der Waals surface area contributed by atoms with E-state index in [9.17, 15) is 18.0 Å². The Morgan fingerprint density at radius 1 is 0.903 bits per heavy atom. The summed E-state index contributed by atoms with van der Waals surface area (Å²) < 4.78 is 45.6. The lowest BCUT2D eigenvalue weighted by Gasteiger charge is -2.18. The largest absolute Gasteiger partial charge is 0.423 e. The van der Waals surface area contributed by atoms with E-state index in [4.69, 9.17) is 4.42 Å². The fourth-order valence-corrected chi connectivity index (χ4v) is 3.86. The summed E-state index contributed by atoms with van der Waals surface area (Å²) in [5, 5.41) is 7.67. The monoisotopic (exact) mass is 421 g/mol. The number of nitrogens with zero attached hydrogens (tertiary/aromatic N) is 3. The molecule has 0 N–H and O–H groups in total. The highest BCUT2D eigenvalue weighted by Gasteiger charge is 2.39. The average Bonchev–Trinajstić information content (AvgIpc) is 3.42. The van der Waals surface area contributed by atoms with Crippen molar-refractivity contribution in [1.29, 1.82) is 0 Å². The molecule has 0 saturated carbocycles. The van der Waals surface area contributed by atoms with Crippen LogP contribution >= 0.6 is 0 Å². The molecular weight excluding hydrogens is 407 g/mol. The van der Waals surface area contributed by atoms with Gasteiger partial charge in [0.05, 0.1) is 12.1 Å². The zero-order chi connectivity index (χ0) is 21.6. The molecule has 154 valence electrons. The van der Waals surface area contributed by atoms with Gasteiger partial charge in [-0.3, -0.25) is 4.79 Å². The maximum absolute atomic E-state index is 13.4. The number of aromatic nitrogens is 2. The lowest BCUT2D eigenvalue weighted by molar-refractivity contribution is -0.138. The summed E-state index contributed by atoms with van der Waals surface area (Å²) in [6, 6.07) is 18.2. The smallest absolute Gasteiger partial charge is 0.416 e. The molecule has 0 atom stereocenters. The number of carbonyl (C=O) groups excluding carboxylic acids is 1. The molecule has 8 heteroatoms. The summed E-state index contributed by atoms with van der Waals surface area (Å²) in [7, 11) is 0. The van der Waals surface area contributed by atoms with Crippen LogP contribution in [-0.4, -0.2) is 16.1 Å². The molecule has 1 aromatic heterocycles. The number of amides is 1. The fraction of sp³-hybridized carbons (Fsp3) is 0.0870. The number of hydrogen-bond acceptors (Lipinski definition) is 4. The van der Waals surface area contributed by atoms with Gasteiger partial charge >= 0.3 is 6.18 Å². The van der Waals surface area contributed by atoms with Crippen LogP contribution in [0, 0.1) is 0 Å². The molecular formula is C23H14F3N3O2. The topological polar surface area (TPSA) is 59.2 Å². The Morgan fingerprint density at radius 3 is 2.39 bits per heavy atom. The van der Waals surface area contributed by atoms with E-state index in [1.807, 2.05) is 30.3 Å². The number of halogens is 3. The van der Waals surface area contributed by atoms with Crippen LogP contribution in [0.4, 0.5) is 18.9 Å². The van der Waals surface area contributed by atoms with Gasteiger partial charge in [-0.2, -0.15) is 13.2 Å². The van der Waals surface area contributed by atoms with Gasteiger partial charge in [0.15, 0.2) is 0 Å². The Hall–Kier alpha value is -3.94. The molecule has 0 unspecified atom stereocenters. The summed E-state index contributed by atoms with van der Waals surface area (Å²) in [6.45, 7) is -0.140. The Kier molecular flexibility index (Phi) is 4.35. The van der Waals surface area contributed by atoms with E-state index in [0.717, 1.165) is 17.2 Å². The third-order valence-electron chi connectivity index (χ3n) is 5.26. The summed E-state index contributed by atoms with van der Waals surface area (Å²) in [5.41, 5.74) is 2.08. The quantitative estimate of drug-likeness (QED) is 0.433. The molecule has 0 aliphatic carbocycles. The lowest BCUT2D eigenvalue weighted by Crippen LogP contribution is -2.23. The van der Waals surface area contributed by atoms with E-state index >= 15 is 0 Å². The van der Waals surface area contributed by atoms with Gasteiger partial charge < -0.3 is 9.32 Å². The van der Waals surface area contributed by atoms with Crippen LogP contribution in [0.3, 0.4) is 0 Å². The van der Waals surface area contributed by atoms with E-state index in [1.54, 1.807) is 18.2 Å². The van der Waals surface area contributed by atoms with E-state index in [2.05, 4.69) is 10.2 Å². The van der Waals surface area contributed by atoms with Crippen LogP contribution in [0.2, 0.25) is 0 Å². The summed E-state index contributed by atoms with van der Waals surface area (Å²) >= 11 is 0. The van der Waals surface area contributed by atoms with E-state index < -0.39 is 17.6 Å². The molecule has 0 fully saturated rings. The Labute approximate surface area is 174 Å². The maximum atomic E-state index is 13.4. The first-order valence-electron chi connectivity index (χ1n) is 9.40. The SMILES string of the molecule is O=C1c2cccc(C(F)(F)F)c2CN1c1cccc(-c2ccccc2-c2nnco2)c1. The summed E-state index contributed by atoms with van der Waals surface area (Å²) in [4.78, 5) is 14.3. The van der Waals surface area contributed by atoms with Crippen molar-refractivity contribution in [2.45, 2.75) is 12.7 Å². The number of alkyl halides is 3. The molecule has 1 amide bonds. The number of anilines is 1. The molecule has 0 saturated heterocycles. The fourth-order valence-electron chi connectivity index (χ4n) is 3.86. The van der Waals surface area contributed by atoms with Crippen molar-refractivity contribution in [2.75, 3.05) is 4.90 Å². The van der Waals surface area contributed by atoms with E-state index in [1.165, 1.54) is 23.4 Å². The minimum atomic E-state index is -4.52.